The minimum absolute atomic E-state index is 0.0388. The SMILES string of the molecule is CC(C)OC[C@@H](O)CNC(C)(C)CC(C)(C)C. The highest BCUT2D eigenvalue weighted by Gasteiger charge is 2.25. The number of aliphatic hydroxyl groups is 1. The van der Waals surface area contributed by atoms with E-state index in [1.165, 1.54) is 0 Å². The van der Waals surface area contributed by atoms with Crippen LogP contribution in [-0.4, -0.2) is 36.0 Å². The minimum atomic E-state index is -0.434. The molecule has 0 aliphatic rings. The van der Waals surface area contributed by atoms with Crippen molar-refractivity contribution in [1.82, 2.24) is 5.32 Å². The van der Waals surface area contributed by atoms with Gasteiger partial charge in [-0.2, -0.15) is 0 Å². The van der Waals surface area contributed by atoms with E-state index in [1.807, 2.05) is 13.8 Å². The van der Waals surface area contributed by atoms with Crippen molar-refractivity contribution in [1.29, 1.82) is 0 Å². The van der Waals surface area contributed by atoms with E-state index in [2.05, 4.69) is 39.9 Å². The first-order valence-electron chi connectivity index (χ1n) is 6.56. The van der Waals surface area contributed by atoms with Crippen LogP contribution in [-0.2, 0) is 4.74 Å². The smallest absolute Gasteiger partial charge is 0.0898 e. The number of hydrogen-bond donors (Lipinski definition) is 2. The third kappa shape index (κ3) is 10.7. The highest BCUT2D eigenvalue weighted by molar-refractivity contribution is 4.84. The maximum atomic E-state index is 9.77. The molecule has 104 valence electrons. The molecular weight excluding hydrogens is 214 g/mol. The molecule has 1 atom stereocenters. The molecule has 0 radical (unpaired) electrons. The van der Waals surface area contributed by atoms with Crippen molar-refractivity contribution in [3.8, 4) is 0 Å². The Balaban J connectivity index is 3.92. The first kappa shape index (κ1) is 16.9. The molecule has 2 N–H and O–H groups in total. The molecule has 17 heavy (non-hydrogen) atoms. The van der Waals surface area contributed by atoms with E-state index in [0.717, 1.165) is 6.42 Å². The summed E-state index contributed by atoms with van der Waals surface area (Å²) in [6.07, 6.45) is 0.807. The van der Waals surface area contributed by atoms with Crippen LogP contribution in [0.3, 0.4) is 0 Å². The van der Waals surface area contributed by atoms with Gasteiger partial charge in [0, 0.05) is 12.1 Å². The fourth-order valence-electron chi connectivity index (χ4n) is 2.14. The molecule has 0 aliphatic carbocycles. The molecule has 3 nitrogen and oxygen atoms in total. The fraction of sp³-hybridized carbons (Fsp3) is 1.00. The van der Waals surface area contributed by atoms with Crippen LogP contribution in [0, 0.1) is 5.41 Å². The summed E-state index contributed by atoms with van der Waals surface area (Å²) < 4.78 is 5.38. The largest absolute Gasteiger partial charge is 0.389 e. The number of hydrogen-bond acceptors (Lipinski definition) is 3. The first-order valence-corrected chi connectivity index (χ1v) is 6.56. The lowest BCUT2D eigenvalue weighted by molar-refractivity contribution is 0.00319. The second kappa shape index (κ2) is 6.72. The molecule has 0 aromatic carbocycles. The van der Waals surface area contributed by atoms with Crippen molar-refractivity contribution >= 4 is 0 Å². The summed E-state index contributed by atoms with van der Waals surface area (Å²) in [7, 11) is 0. The van der Waals surface area contributed by atoms with E-state index in [-0.39, 0.29) is 17.1 Å². The molecule has 0 saturated carbocycles. The van der Waals surface area contributed by atoms with Crippen LogP contribution in [0.5, 0.6) is 0 Å². The standard InChI is InChI=1S/C14H31NO2/c1-11(2)17-9-12(16)8-15-14(6,7)10-13(3,4)5/h11-12,15-16H,8-10H2,1-7H3/t12-/m0/s1. The molecule has 0 bridgehead atoms. The Bertz CT molecular complexity index is 207. The van der Waals surface area contributed by atoms with Gasteiger partial charge in [0.15, 0.2) is 0 Å². The molecule has 0 spiro atoms. The third-order valence-electron chi connectivity index (χ3n) is 2.41. The van der Waals surface area contributed by atoms with Gasteiger partial charge in [-0.15, -0.1) is 0 Å². The summed E-state index contributed by atoms with van der Waals surface area (Å²) in [4.78, 5) is 0. The van der Waals surface area contributed by atoms with Gasteiger partial charge < -0.3 is 15.2 Å². The van der Waals surface area contributed by atoms with Gasteiger partial charge in [-0.1, -0.05) is 20.8 Å². The van der Waals surface area contributed by atoms with Crippen LogP contribution in [0.25, 0.3) is 0 Å². The van der Waals surface area contributed by atoms with Gasteiger partial charge >= 0.3 is 0 Å². The van der Waals surface area contributed by atoms with Crippen molar-refractivity contribution in [2.24, 2.45) is 5.41 Å². The maximum absolute atomic E-state index is 9.77. The van der Waals surface area contributed by atoms with Gasteiger partial charge in [0.2, 0.25) is 0 Å². The molecule has 0 fully saturated rings. The zero-order valence-electron chi connectivity index (χ0n) is 12.6. The Morgan fingerprint density at radius 3 is 2.06 bits per heavy atom. The normalized spacial score (nSPS) is 15.4. The summed E-state index contributed by atoms with van der Waals surface area (Å²) in [5, 5.41) is 13.2. The summed E-state index contributed by atoms with van der Waals surface area (Å²) in [6.45, 7) is 16.0. The summed E-state index contributed by atoms with van der Waals surface area (Å²) in [6, 6.07) is 0. The molecule has 0 aromatic heterocycles. The number of aliphatic hydroxyl groups excluding tert-OH is 1. The zero-order valence-corrected chi connectivity index (χ0v) is 12.6. The Hall–Kier alpha value is -0.120. The molecule has 0 heterocycles. The second-order valence-corrected chi connectivity index (χ2v) is 7.04. The molecular formula is C14H31NO2. The molecule has 0 amide bonds. The van der Waals surface area contributed by atoms with Crippen molar-refractivity contribution in [3.05, 3.63) is 0 Å². The van der Waals surface area contributed by atoms with Crippen molar-refractivity contribution in [2.75, 3.05) is 13.2 Å². The van der Waals surface area contributed by atoms with Crippen LogP contribution >= 0.6 is 0 Å². The van der Waals surface area contributed by atoms with Crippen LogP contribution in [0.2, 0.25) is 0 Å². The quantitative estimate of drug-likeness (QED) is 0.724. The van der Waals surface area contributed by atoms with Crippen molar-refractivity contribution in [2.45, 2.75) is 72.6 Å². The Kier molecular flexibility index (Phi) is 6.67. The highest BCUT2D eigenvalue weighted by atomic mass is 16.5. The topological polar surface area (TPSA) is 41.5 Å². The summed E-state index contributed by atoms with van der Waals surface area (Å²) >= 11 is 0. The lowest BCUT2D eigenvalue weighted by Gasteiger charge is -2.34. The van der Waals surface area contributed by atoms with Gasteiger partial charge in [-0.05, 0) is 39.5 Å². The zero-order chi connectivity index (χ0) is 13.7. The van der Waals surface area contributed by atoms with Crippen LogP contribution in [0.15, 0.2) is 0 Å². The number of nitrogens with one attached hydrogen (secondary N) is 1. The molecule has 0 saturated heterocycles. The van der Waals surface area contributed by atoms with E-state index in [1.54, 1.807) is 0 Å². The fourth-order valence-corrected chi connectivity index (χ4v) is 2.14. The van der Waals surface area contributed by atoms with Gasteiger partial charge in [-0.25, -0.2) is 0 Å². The van der Waals surface area contributed by atoms with Crippen molar-refractivity contribution < 1.29 is 9.84 Å². The maximum Gasteiger partial charge on any atom is 0.0898 e. The van der Waals surface area contributed by atoms with E-state index < -0.39 is 6.10 Å². The first-order chi connectivity index (χ1) is 7.52. The molecule has 0 rings (SSSR count). The van der Waals surface area contributed by atoms with Gasteiger partial charge in [0.25, 0.3) is 0 Å². The number of rotatable bonds is 7. The second-order valence-electron chi connectivity index (χ2n) is 7.04. The lowest BCUT2D eigenvalue weighted by Crippen LogP contribution is -2.46. The predicted octanol–water partition coefficient (Wildman–Crippen LogP) is 2.58. The van der Waals surface area contributed by atoms with E-state index >= 15 is 0 Å². The lowest BCUT2D eigenvalue weighted by atomic mass is 9.82. The highest BCUT2D eigenvalue weighted by Crippen LogP contribution is 2.26. The predicted molar refractivity (Wildman–Crippen MR) is 73.2 cm³/mol. The summed E-state index contributed by atoms with van der Waals surface area (Å²) in [5.74, 6) is 0. The van der Waals surface area contributed by atoms with E-state index in [0.29, 0.717) is 13.2 Å². The molecule has 0 aliphatic heterocycles. The Morgan fingerprint density at radius 1 is 1.12 bits per heavy atom. The molecule has 0 unspecified atom stereocenters. The average molecular weight is 245 g/mol. The van der Waals surface area contributed by atoms with Gasteiger partial charge in [0.1, 0.15) is 0 Å². The average Bonchev–Trinajstić information content (AvgIpc) is 2.07. The van der Waals surface area contributed by atoms with Crippen LogP contribution in [0.4, 0.5) is 0 Å². The van der Waals surface area contributed by atoms with Gasteiger partial charge in [0.05, 0.1) is 18.8 Å². The van der Waals surface area contributed by atoms with Crippen LogP contribution in [0.1, 0.15) is 54.9 Å². The van der Waals surface area contributed by atoms with Crippen molar-refractivity contribution in [3.63, 3.8) is 0 Å². The number of β-amino-alcohol motifs (C(OH)–C–C–N with tert-alkyl or cyclic N) is 1. The summed E-state index contributed by atoms with van der Waals surface area (Å²) in [5.41, 5.74) is 0.326. The number of ether oxygens (including phenoxy) is 1. The minimum Gasteiger partial charge on any atom is -0.389 e. The van der Waals surface area contributed by atoms with E-state index in [9.17, 15) is 5.11 Å². The molecule has 0 aromatic rings. The van der Waals surface area contributed by atoms with E-state index in [4.69, 9.17) is 4.74 Å². The Labute approximate surface area is 107 Å². The Morgan fingerprint density at radius 2 is 1.65 bits per heavy atom. The third-order valence-corrected chi connectivity index (χ3v) is 2.41. The van der Waals surface area contributed by atoms with Crippen LogP contribution < -0.4 is 5.32 Å². The molecule has 3 heteroatoms. The monoisotopic (exact) mass is 245 g/mol. The van der Waals surface area contributed by atoms with Gasteiger partial charge in [-0.3, -0.25) is 0 Å².